The van der Waals surface area contributed by atoms with Crippen LogP contribution in [0.3, 0.4) is 0 Å². The number of carbonyl (C=O) groups is 1. The van der Waals surface area contributed by atoms with Crippen molar-refractivity contribution < 1.29 is 14.1 Å². The maximum Gasteiger partial charge on any atom is 0.321 e. The van der Waals surface area contributed by atoms with Crippen LogP contribution < -0.4 is 19.5 Å². The van der Waals surface area contributed by atoms with Gasteiger partial charge in [-0.15, -0.1) is 0 Å². The molecule has 3 rings (SSSR count). The summed E-state index contributed by atoms with van der Waals surface area (Å²) in [5.74, 6) is 0.892. The highest BCUT2D eigenvalue weighted by atomic mass is 32.1. The summed E-state index contributed by atoms with van der Waals surface area (Å²) in [6.45, 7) is 6.42. The summed E-state index contributed by atoms with van der Waals surface area (Å²) >= 11 is 1.74. The normalized spacial score (nSPS) is 11.0. The lowest BCUT2D eigenvalue weighted by Gasteiger charge is -2.23. The molecule has 0 aliphatic heterocycles. The molecule has 1 aromatic heterocycles. The lowest BCUT2D eigenvalue weighted by Crippen LogP contribution is -2.38. The fourth-order valence-corrected chi connectivity index (χ4v) is 5.62. The Labute approximate surface area is 246 Å². The predicted octanol–water partition coefficient (Wildman–Crippen LogP) is 8.82. The third-order valence-electron chi connectivity index (χ3n) is 7.30. The second-order valence-corrected chi connectivity index (χ2v) is 11.9. The van der Waals surface area contributed by atoms with Crippen molar-refractivity contribution in [3.05, 3.63) is 76.2 Å². The summed E-state index contributed by atoms with van der Waals surface area (Å²) < 4.78 is 8.17. The summed E-state index contributed by atoms with van der Waals surface area (Å²) in [5, 5.41) is 2.79. The molecule has 0 atom stereocenters. The van der Waals surface area contributed by atoms with Crippen molar-refractivity contribution in [2.24, 2.45) is 0 Å². The molecule has 6 heteroatoms. The summed E-state index contributed by atoms with van der Waals surface area (Å²) in [5.41, 5.74) is 5.24. The number of hydrogen-bond acceptors (Lipinski definition) is 3. The van der Waals surface area contributed by atoms with Gasteiger partial charge >= 0.3 is 6.03 Å². The Balaban J connectivity index is 1.38. The van der Waals surface area contributed by atoms with Gasteiger partial charge in [0.2, 0.25) is 5.51 Å². The second kappa shape index (κ2) is 18.5. The number of carbonyl (C=O) groups excluding carboxylic acids is 1. The fraction of sp³-hybridized carbons (Fsp3) is 0.529. The molecule has 5 nitrogen and oxygen atoms in total. The topological polar surface area (TPSA) is 45.5 Å². The molecule has 0 fully saturated rings. The van der Waals surface area contributed by atoms with E-state index in [2.05, 4.69) is 59.7 Å². The van der Waals surface area contributed by atoms with E-state index in [0.717, 1.165) is 42.1 Å². The SMILES string of the molecule is CCCCCCCCCCCCCCOc1ccc(CN(C(=O)NC)c2cccc(C[n+]3csc(C)c3)c2)cc1. The molecule has 40 heavy (non-hydrogen) atoms. The first-order valence-corrected chi connectivity index (χ1v) is 16.2. The first-order chi connectivity index (χ1) is 19.6. The van der Waals surface area contributed by atoms with E-state index in [-0.39, 0.29) is 6.03 Å². The molecule has 2 aromatic carbocycles. The number of anilines is 1. The average molecular weight is 565 g/mol. The van der Waals surface area contributed by atoms with E-state index in [1.807, 2.05) is 24.3 Å². The van der Waals surface area contributed by atoms with Gasteiger partial charge in [-0.1, -0.05) is 113 Å². The van der Waals surface area contributed by atoms with E-state index < -0.39 is 0 Å². The van der Waals surface area contributed by atoms with Crippen LogP contribution in [0, 0.1) is 6.92 Å². The van der Waals surface area contributed by atoms with E-state index in [0.29, 0.717) is 6.54 Å². The van der Waals surface area contributed by atoms with Crippen molar-refractivity contribution in [2.75, 3.05) is 18.6 Å². The molecule has 0 unspecified atom stereocenters. The Morgan fingerprint density at radius 2 is 1.52 bits per heavy atom. The summed E-state index contributed by atoms with van der Waals surface area (Å²) in [7, 11) is 1.68. The Morgan fingerprint density at radius 3 is 2.12 bits per heavy atom. The van der Waals surface area contributed by atoms with E-state index in [4.69, 9.17) is 4.74 Å². The molecule has 218 valence electrons. The number of aryl methyl sites for hydroxylation is 1. The summed E-state index contributed by atoms with van der Waals surface area (Å²) in [6.07, 6.45) is 18.3. The number of nitrogens with one attached hydrogen (secondary N) is 1. The molecule has 0 radical (unpaired) electrons. The van der Waals surface area contributed by atoms with Crippen LogP contribution in [0.25, 0.3) is 0 Å². The summed E-state index contributed by atoms with van der Waals surface area (Å²) in [4.78, 5) is 15.9. The Bertz CT molecular complexity index is 1110. The van der Waals surface area contributed by atoms with Crippen molar-refractivity contribution in [1.82, 2.24) is 5.32 Å². The number of unbranched alkanes of at least 4 members (excludes halogenated alkanes) is 11. The Kier molecular flexibility index (Phi) is 14.6. The number of nitrogens with zero attached hydrogens (tertiary/aromatic N) is 2. The maximum absolute atomic E-state index is 12.8. The first-order valence-electron chi connectivity index (χ1n) is 15.3. The van der Waals surface area contributed by atoms with Gasteiger partial charge in [0.25, 0.3) is 0 Å². The Hall–Kier alpha value is -2.86. The lowest BCUT2D eigenvalue weighted by molar-refractivity contribution is -0.683. The third-order valence-corrected chi connectivity index (χ3v) is 8.15. The van der Waals surface area contributed by atoms with Gasteiger partial charge in [0, 0.05) is 18.3 Å². The van der Waals surface area contributed by atoms with Gasteiger partial charge in [-0.3, -0.25) is 4.90 Å². The van der Waals surface area contributed by atoms with Gasteiger partial charge in [-0.05, 0) is 43.2 Å². The molecule has 0 bridgehead atoms. The number of urea groups is 1. The highest BCUT2D eigenvalue weighted by molar-refractivity contribution is 7.09. The highest BCUT2D eigenvalue weighted by Gasteiger charge is 2.16. The Morgan fingerprint density at radius 1 is 0.875 bits per heavy atom. The zero-order chi connectivity index (χ0) is 28.4. The largest absolute Gasteiger partial charge is 0.494 e. The van der Waals surface area contributed by atoms with E-state index in [9.17, 15) is 4.79 Å². The van der Waals surface area contributed by atoms with E-state index in [1.165, 1.54) is 75.5 Å². The molecule has 0 saturated carbocycles. The van der Waals surface area contributed by atoms with Gasteiger partial charge < -0.3 is 10.1 Å². The van der Waals surface area contributed by atoms with Gasteiger partial charge in [0.15, 0.2) is 12.7 Å². The maximum atomic E-state index is 12.8. The molecular formula is C34H50N3O2S+. The number of amides is 2. The highest BCUT2D eigenvalue weighted by Crippen LogP contribution is 2.21. The van der Waals surface area contributed by atoms with Gasteiger partial charge in [-0.25, -0.2) is 4.79 Å². The molecule has 3 aromatic rings. The van der Waals surface area contributed by atoms with Crippen LogP contribution in [0.4, 0.5) is 10.5 Å². The zero-order valence-electron chi connectivity index (χ0n) is 25.0. The third kappa shape index (κ3) is 11.7. The number of benzene rings is 2. The van der Waals surface area contributed by atoms with Crippen LogP contribution in [0.2, 0.25) is 0 Å². The van der Waals surface area contributed by atoms with Gasteiger partial charge in [0.05, 0.1) is 18.0 Å². The second-order valence-electron chi connectivity index (χ2n) is 10.8. The average Bonchev–Trinajstić information content (AvgIpc) is 3.38. The van der Waals surface area contributed by atoms with Crippen LogP contribution in [0.15, 0.2) is 60.2 Å². The van der Waals surface area contributed by atoms with Crippen molar-refractivity contribution in [2.45, 2.75) is 104 Å². The van der Waals surface area contributed by atoms with Crippen molar-refractivity contribution in [3.63, 3.8) is 0 Å². The molecule has 0 spiro atoms. The quantitative estimate of drug-likeness (QED) is 0.117. The molecular weight excluding hydrogens is 514 g/mol. The van der Waals surface area contributed by atoms with Crippen LogP contribution in [0.5, 0.6) is 5.75 Å². The minimum Gasteiger partial charge on any atom is -0.494 e. The molecule has 1 heterocycles. The van der Waals surface area contributed by atoms with Crippen LogP contribution in [-0.2, 0) is 13.1 Å². The number of ether oxygens (including phenoxy) is 1. The standard InChI is InChI=1S/C34H49N3O2S/c1-4-5-6-7-8-9-10-11-12-13-14-15-23-39-33-21-19-30(20-22-33)27-37(34(38)35-3)32-18-16-17-31(24-32)26-36-25-29(2)40-28-36/h16-22,24-25,28H,4-15,23,26-27H2,1-3H3/p+1. The number of aromatic nitrogens is 1. The zero-order valence-corrected chi connectivity index (χ0v) is 25.8. The van der Waals surface area contributed by atoms with E-state index in [1.54, 1.807) is 23.3 Å². The van der Waals surface area contributed by atoms with Crippen LogP contribution in [0.1, 0.15) is 100.0 Å². The first kappa shape index (κ1) is 31.7. The molecule has 0 aliphatic rings. The number of rotatable bonds is 19. The number of thiazole rings is 1. The van der Waals surface area contributed by atoms with Gasteiger partial charge in [-0.2, -0.15) is 4.57 Å². The summed E-state index contributed by atoms with van der Waals surface area (Å²) in [6, 6.07) is 16.2. The molecule has 1 N–H and O–H groups in total. The molecule has 0 saturated heterocycles. The lowest BCUT2D eigenvalue weighted by atomic mass is 10.1. The van der Waals surface area contributed by atoms with Gasteiger partial charge in [0.1, 0.15) is 5.75 Å². The van der Waals surface area contributed by atoms with Crippen LogP contribution >= 0.6 is 11.3 Å². The molecule has 2 amide bonds. The van der Waals surface area contributed by atoms with Crippen molar-refractivity contribution in [1.29, 1.82) is 0 Å². The van der Waals surface area contributed by atoms with Crippen LogP contribution in [-0.4, -0.2) is 19.7 Å². The number of hydrogen-bond donors (Lipinski definition) is 1. The fourth-order valence-electron chi connectivity index (χ4n) is 4.98. The van der Waals surface area contributed by atoms with Crippen molar-refractivity contribution in [3.8, 4) is 5.75 Å². The minimum atomic E-state index is -0.122. The predicted molar refractivity (Wildman–Crippen MR) is 168 cm³/mol. The monoisotopic (exact) mass is 564 g/mol. The minimum absolute atomic E-state index is 0.122. The van der Waals surface area contributed by atoms with Crippen molar-refractivity contribution >= 4 is 23.1 Å². The van der Waals surface area contributed by atoms with E-state index >= 15 is 0 Å². The smallest absolute Gasteiger partial charge is 0.321 e. The molecule has 0 aliphatic carbocycles.